The molecule has 4 aromatic rings. The van der Waals surface area contributed by atoms with Crippen molar-refractivity contribution in [1.82, 2.24) is 24.8 Å². The number of carbonyl (C=O) groups excluding carboxylic acids is 1. The van der Waals surface area contributed by atoms with Crippen molar-refractivity contribution in [1.29, 1.82) is 0 Å². The van der Waals surface area contributed by atoms with E-state index in [0.29, 0.717) is 24.4 Å². The smallest absolute Gasteiger partial charge is 0.258 e. The van der Waals surface area contributed by atoms with Crippen LogP contribution in [-0.4, -0.2) is 30.7 Å². The second kappa shape index (κ2) is 8.23. The lowest BCUT2D eigenvalue weighted by molar-refractivity contribution is 0.0728. The Morgan fingerprint density at radius 1 is 1.17 bits per heavy atom. The first kappa shape index (κ1) is 20.0. The lowest BCUT2D eigenvalue weighted by atomic mass is 10.1. The number of aromatic nitrogens is 4. The second-order valence-corrected chi connectivity index (χ2v) is 8.17. The molecule has 8 heteroatoms. The average Bonchev–Trinajstić information content (AvgIpc) is 3.43. The van der Waals surface area contributed by atoms with Crippen molar-refractivity contribution in [3.05, 3.63) is 75.2 Å². The minimum Gasteiger partial charge on any atom is -0.361 e. The number of hydrogen-bond donors (Lipinski definition) is 0. The zero-order valence-corrected chi connectivity index (χ0v) is 18.2. The Labute approximate surface area is 179 Å². The van der Waals surface area contributed by atoms with Crippen LogP contribution in [-0.2, 0) is 20.1 Å². The summed E-state index contributed by atoms with van der Waals surface area (Å²) in [5.74, 6) is 0.623. The predicted octanol–water partition coefficient (Wildman–Crippen LogP) is 4.30. The Kier molecular flexibility index (Phi) is 5.50. The molecule has 0 spiro atoms. The van der Waals surface area contributed by atoms with E-state index in [2.05, 4.69) is 15.2 Å². The van der Waals surface area contributed by atoms with Crippen LogP contribution in [0.4, 0.5) is 0 Å². The number of hydrogen-bond acceptors (Lipinski definition) is 6. The summed E-state index contributed by atoms with van der Waals surface area (Å²) in [6, 6.07) is 9.86. The molecule has 0 aliphatic carbocycles. The van der Waals surface area contributed by atoms with Crippen LogP contribution in [0, 0.1) is 20.8 Å². The number of thiazole rings is 1. The van der Waals surface area contributed by atoms with Crippen LogP contribution < -0.4 is 0 Å². The molecule has 1 amide bonds. The van der Waals surface area contributed by atoms with E-state index < -0.39 is 0 Å². The summed E-state index contributed by atoms with van der Waals surface area (Å²) in [5.41, 5.74) is 4.79. The highest BCUT2D eigenvalue weighted by molar-refractivity contribution is 7.09. The highest BCUT2D eigenvalue weighted by Gasteiger charge is 2.27. The van der Waals surface area contributed by atoms with Crippen molar-refractivity contribution in [3.8, 4) is 11.3 Å². The van der Waals surface area contributed by atoms with E-state index in [4.69, 9.17) is 4.52 Å². The van der Waals surface area contributed by atoms with Crippen molar-refractivity contribution < 1.29 is 9.32 Å². The second-order valence-electron chi connectivity index (χ2n) is 7.19. The van der Waals surface area contributed by atoms with Gasteiger partial charge in [0.05, 0.1) is 24.3 Å². The molecule has 0 radical (unpaired) electrons. The Morgan fingerprint density at radius 2 is 1.93 bits per heavy atom. The van der Waals surface area contributed by atoms with Crippen molar-refractivity contribution in [2.24, 2.45) is 7.05 Å². The van der Waals surface area contributed by atoms with Crippen LogP contribution in [0.1, 0.15) is 38.1 Å². The van der Waals surface area contributed by atoms with Crippen LogP contribution in [0.5, 0.6) is 0 Å². The Morgan fingerprint density at radius 3 is 2.57 bits per heavy atom. The predicted molar refractivity (Wildman–Crippen MR) is 115 cm³/mol. The third-order valence-electron chi connectivity index (χ3n) is 5.20. The Bertz CT molecular complexity index is 1160. The summed E-state index contributed by atoms with van der Waals surface area (Å²) in [6.07, 6.45) is 1.75. The molecular formula is C22H23N5O2S. The van der Waals surface area contributed by atoms with Gasteiger partial charge in [0.2, 0.25) is 0 Å². The monoisotopic (exact) mass is 421 g/mol. The van der Waals surface area contributed by atoms with Crippen LogP contribution >= 0.6 is 11.3 Å². The summed E-state index contributed by atoms with van der Waals surface area (Å²) >= 11 is 1.53. The van der Waals surface area contributed by atoms with Crippen LogP contribution in [0.2, 0.25) is 0 Å². The molecule has 1 aromatic carbocycles. The van der Waals surface area contributed by atoms with Gasteiger partial charge in [0.1, 0.15) is 16.5 Å². The zero-order chi connectivity index (χ0) is 21.3. The third-order valence-corrected chi connectivity index (χ3v) is 5.96. The molecule has 154 valence electrons. The molecule has 7 nitrogen and oxygen atoms in total. The van der Waals surface area contributed by atoms with Gasteiger partial charge in [-0.1, -0.05) is 35.5 Å². The van der Waals surface area contributed by atoms with E-state index in [1.54, 1.807) is 15.8 Å². The van der Waals surface area contributed by atoms with Crippen molar-refractivity contribution >= 4 is 17.2 Å². The van der Waals surface area contributed by atoms with E-state index in [-0.39, 0.29) is 5.91 Å². The highest BCUT2D eigenvalue weighted by Crippen LogP contribution is 2.28. The Balaban J connectivity index is 1.73. The fraction of sp³-hybridized carbons (Fsp3) is 0.273. The Hall–Kier alpha value is -3.26. The normalized spacial score (nSPS) is 11.1. The van der Waals surface area contributed by atoms with Crippen LogP contribution in [0.15, 0.2) is 46.4 Å². The van der Waals surface area contributed by atoms with Gasteiger partial charge >= 0.3 is 0 Å². The summed E-state index contributed by atoms with van der Waals surface area (Å²) in [4.78, 5) is 19.8. The van der Waals surface area contributed by atoms with Crippen LogP contribution in [0.25, 0.3) is 11.3 Å². The number of amides is 1. The van der Waals surface area contributed by atoms with Crippen LogP contribution in [0.3, 0.4) is 0 Å². The van der Waals surface area contributed by atoms with Gasteiger partial charge in [0.15, 0.2) is 0 Å². The molecule has 0 atom stereocenters. The van der Waals surface area contributed by atoms with Crippen molar-refractivity contribution in [2.75, 3.05) is 0 Å². The van der Waals surface area contributed by atoms with Gasteiger partial charge in [-0.05, 0) is 20.8 Å². The molecule has 3 aromatic heterocycles. The molecule has 3 heterocycles. The van der Waals surface area contributed by atoms with E-state index in [1.807, 2.05) is 63.5 Å². The van der Waals surface area contributed by atoms with Gasteiger partial charge in [-0.2, -0.15) is 5.10 Å². The van der Waals surface area contributed by atoms with Gasteiger partial charge in [-0.15, -0.1) is 11.3 Å². The maximum absolute atomic E-state index is 13.6. The van der Waals surface area contributed by atoms with E-state index in [0.717, 1.165) is 33.2 Å². The standard InChI is InChI=1S/C22H23N5O2S/c1-14-20(15(2)26(4)24-14)22(28)27(13-19-23-10-11-30-19)12-18-16(3)29-25-21(18)17-8-6-5-7-9-17/h5-11H,12-13H2,1-4H3. The first-order valence-corrected chi connectivity index (χ1v) is 10.5. The summed E-state index contributed by atoms with van der Waals surface area (Å²) < 4.78 is 7.25. The molecule has 0 N–H and O–H groups in total. The number of benzene rings is 1. The maximum atomic E-state index is 13.6. The zero-order valence-electron chi connectivity index (χ0n) is 17.4. The third kappa shape index (κ3) is 3.78. The van der Waals surface area contributed by atoms with E-state index in [9.17, 15) is 4.79 Å². The molecular weight excluding hydrogens is 398 g/mol. The minimum absolute atomic E-state index is 0.0760. The van der Waals surface area contributed by atoms with Gasteiger partial charge in [0.25, 0.3) is 5.91 Å². The lowest BCUT2D eigenvalue weighted by Crippen LogP contribution is -2.31. The van der Waals surface area contributed by atoms with E-state index in [1.165, 1.54) is 11.3 Å². The molecule has 30 heavy (non-hydrogen) atoms. The summed E-state index contributed by atoms with van der Waals surface area (Å²) in [6.45, 7) is 6.42. The molecule has 0 saturated heterocycles. The fourth-order valence-electron chi connectivity index (χ4n) is 3.53. The van der Waals surface area contributed by atoms with Gasteiger partial charge in [-0.25, -0.2) is 4.98 Å². The first-order chi connectivity index (χ1) is 14.5. The van der Waals surface area contributed by atoms with E-state index >= 15 is 0 Å². The molecule has 0 bridgehead atoms. The number of nitrogens with zero attached hydrogens (tertiary/aromatic N) is 5. The number of aryl methyl sites for hydroxylation is 3. The quantitative estimate of drug-likeness (QED) is 0.464. The number of carbonyl (C=O) groups is 1. The molecule has 0 saturated carbocycles. The summed E-state index contributed by atoms with van der Waals surface area (Å²) in [5, 5.41) is 11.5. The maximum Gasteiger partial charge on any atom is 0.258 e. The minimum atomic E-state index is -0.0760. The molecule has 4 rings (SSSR count). The topological polar surface area (TPSA) is 77.1 Å². The first-order valence-electron chi connectivity index (χ1n) is 9.64. The van der Waals surface area contributed by atoms with Gasteiger partial charge in [-0.3, -0.25) is 9.48 Å². The van der Waals surface area contributed by atoms with Crippen molar-refractivity contribution in [3.63, 3.8) is 0 Å². The lowest BCUT2D eigenvalue weighted by Gasteiger charge is -2.22. The highest BCUT2D eigenvalue weighted by atomic mass is 32.1. The number of rotatable bonds is 6. The molecule has 0 unspecified atom stereocenters. The molecule has 0 fully saturated rings. The SMILES string of the molecule is Cc1nn(C)c(C)c1C(=O)N(Cc1nccs1)Cc1c(-c2ccccc2)noc1C. The molecule has 0 aliphatic rings. The van der Waals surface area contributed by atoms with Gasteiger partial charge < -0.3 is 9.42 Å². The molecule has 0 aliphatic heterocycles. The average molecular weight is 422 g/mol. The van der Waals surface area contributed by atoms with Gasteiger partial charge in [0, 0.05) is 35.4 Å². The largest absolute Gasteiger partial charge is 0.361 e. The van der Waals surface area contributed by atoms with Crippen molar-refractivity contribution in [2.45, 2.75) is 33.9 Å². The summed E-state index contributed by atoms with van der Waals surface area (Å²) in [7, 11) is 1.85. The fourth-order valence-corrected chi connectivity index (χ4v) is 4.16.